The zero-order valence-corrected chi connectivity index (χ0v) is 19.7. The van der Waals surface area contributed by atoms with Crippen molar-refractivity contribution >= 4 is 22.5 Å². The number of rotatable bonds is 5. The van der Waals surface area contributed by atoms with Gasteiger partial charge in [0, 0.05) is 29.2 Å². The van der Waals surface area contributed by atoms with E-state index in [1.54, 1.807) is 19.1 Å². The average Bonchev–Trinajstić information content (AvgIpc) is 3.58. The van der Waals surface area contributed by atoms with Crippen LogP contribution in [-0.4, -0.2) is 24.7 Å². The van der Waals surface area contributed by atoms with E-state index in [2.05, 4.69) is 6.07 Å². The molecule has 3 aromatic carbocycles. The summed E-state index contributed by atoms with van der Waals surface area (Å²) in [4.78, 5) is 15.7. The zero-order valence-electron chi connectivity index (χ0n) is 19.7. The molecule has 5 aromatic rings. The summed E-state index contributed by atoms with van der Waals surface area (Å²) < 4.78 is 19.3. The number of amides is 1. The lowest BCUT2D eigenvalue weighted by molar-refractivity contribution is 0.0985. The molecule has 0 spiro atoms. The summed E-state index contributed by atoms with van der Waals surface area (Å²) in [5.41, 5.74) is 4.27. The molecule has 0 saturated heterocycles. The Hall–Kier alpha value is -4.45. The summed E-state index contributed by atoms with van der Waals surface area (Å²) >= 11 is 0. The van der Waals surface area contributed by atoms with E-state index < -0.39 is 6.04 Å². The molecular formula is C29H24N2O4. The summed E-state index contributed by atoms with van der Waals surface area (Å²) in [7, 11) is 5.21. The molecule has 6 nitrogen and oxygen atoms in total. The van der Waals surface area contributed by atoms with Crippen LogP contribution in [0.25, 0.3) is 22.2 Å². The Morgan fingerprint density at radius 2 is 1.57 bits per heavy atom. The number of anilines is 1. The highest BCUT2D eigenvalue weighted by Gasteiger charge is 2.44. The molecular weight excluding hydrogens is 440 g/mol. The van der Waals surface area contributed by atoms with Gasteiger partial charge in [0.15, 0.2) is 0 Å². The van der Waals surface area contributed by atoms with Gasteiger partial charge in [-0.05, 0) is 54.6 Å². The number of fused-ring (bicyclic) bond motifs is 3. The smallest absolute Gasteiger partial charge is 0.276 e. The van der Waals surface area contributed by atoms with Gasteiger partial charge in [0.05, 0.1) is 19.8 Å². The minimum atomic E-state index is -0.416. The molecule has 6 heteroatoms. The van der Waals surface area contributed by atoms with E-state index >= 15 is 0 Å². The van der Waals surface area contributed by atoms with Gasteiger partial charge in [-0.15, -0.1) is 0 Å². The number of hydrogen-bond donors (Lipinski definition) is 0. The van der Waals surface area contributed by atoms with E-state index in [1.807, 2.05) is 90.5 Å². The maximum atomic E-state index is 13.9. The van der Waals surface area contributed by atoms with Crippen LogP contribution >= 0.6 is 0 Å². The lowest BCUT2D eigenvalue weighted by atomic mass is 10.0. The topological polar surface area (TPSA) is 56.8 Å². The number of aromatic nitrogens is 1. The summed E-state index contributed by atoms with van der Waals surface area (Å²) in [6.45, 7) is 0. The summed E-state index contributed by atoms with van der Waals surface area (Å²) in [5, 5.41) is 1.04. The van der Waals surface area contributed by atoms with E-state index in [-0.39, 0.29) is 5.91 Å². The van der Waals surface area contributed by atoms with Gasteiger partial charge < -0.3 is 18.5 Å². The quantitative estimate of drug-likeness (QED) is 0.311. The predicted octanol–water partition coefficient (Wildman–Crippen LogP) is 6.21. The average molecular weight is 465 g/mol. The number of furan rings is 1. The molecule has 0 N–H and O–H groups in total. The van der Waals surface area contributed by atoms with Crippen LogP contribution in [0.5, 0.6) is 11.5 Å². The first-order valence-corrected chi connectivity index (χ1v) is 11.4. The molecule has 0 aliphatic carbocycles. The number of ether oxygens (including phenoxy) is 2. The zero-order chi connectivity index (χ0) is 24.1. The van der Waals surface area contributed by atoms with Crippen molar-refractivity contribution < 1.29 is 18.7 Å². The molecule has 35 heavy (non-hydrogen) atoms. The Labute approximate surface area is 202 Å². The molecule has 0 radical (unpaired) electrons. The lowest BCUT2D eigenvalue weighted by Crippen LogP contribution is -2.29. The SMILES string of the molecule is COc1ccc(N2C(=O)c3c(c4ccccc4n3C)C2c2ccc(-c3ccccc3OC)o2)cc1. The number of aryl methyl sites for hydroxylation is 1. The van der Waals surface area contributed by atoms with E-state index in [1.165, 1.54) is 0 Å². The fourth-order valence-corrected chi connectivity index (χ4v) is 5.09. The van der Waals surface area contributed by atoms with E-state index in [0.717, 1.165) is 39.2 Å². The molecule has 0 bridgehead atoms. The first-order chi connectivity index (χ1) is 17.1. The van der Waals surface area contributed by atoms with Crippen LogP contribution in [0.2, 0.25) is 0 Å². The summed E-state index contributed by atoms with van der Waals surface area (Å²) in [5.74, 6) is 2.77. The Morgan fingerprint density at radius 1 is 0.829 bits per heavy atom. The second-order valence-corrected chi connectivity index (χ2v) is 8.52. The third-order valence-corrected chi connectivity index (χ3v) is 6.72. The van der Waals surface area contributed by atoms with Crippen LogP contribution in [0.3, 0.4) is 0 Å². The van der Waals surface area contributed by atoms with Crippen LogP contribution < -0.4 is 14.4 Å². The highest BCUT2D eigenvalue weighted by molar-refractivity contribution is 6.15. The fourth-order valence-electron chi connectivity index (χ4n) is 5.09. The Bertz CT molecular complexity index is 1560. The van der Waals surface area contributed by atoms with Crippen LogP contribution in [0.4, 0.5) is 5.69 Å². The monoisotopic (exact) mass is 464 g/mol. The largest absolute Gasteiger partial charge is 0.497 e. The van der Waals surface area contributed by atoms with Crippen molar-refractivity contribution in [2.24, 2.45) is 7.05 Å². The lowest BCUT2D eigenvalue weighted by Gasteiger charge is -2.25. The summed E-state index contributed by atoms with van der Waals surface area (Å²) in [6.07, 6.45) is 0. The molecule has 3 heterocycles. The number of nitrogens with zero attached hydrogens (tertiary/aromatic N) is 2. The van der Waals surface area contributed by atoms with Crippen LogP contribution in [0.15, 0.2) is 89.3 Å². The van der Waals surface area contributed by atoms with Crippen LogP contribution in [0, 0.1) is 0 Å². The molecule has 1 amide bonds. The summed E-state index contributed by atoms with van der Waals surface area (Å²) in [6, 6.07) is 26.9. The molecule has 174 valence electrons. The normalized spacial score (nSPS) is 15.0. The van der Waals surface area contributed by atoms with Crippen molar-refractivity contribution in [1.29, 1.82) is 0 Å². The van der Waals surface area contributed by atoms with Crippen molar-refractivity contribution in [1.82, 2.24) is 4.57 Å². The van der Waals surface area contributed by atoms with Crippen LogP contribution in [-0.2, 0) is 7.05 Å². The predicted molar refractivity (Wildman–Crippen MR) is 135 cm³/mol. The number of benzene rings is 3. The molecule has 0 fully saturated rings. The van der Waals surface area contributed by atoms with Gasteiger partial charge in [-0.3, -0.25) is 9.69 Å². The number of methoxy groups -OCH3 is 2. The highest BCUT2D eigenvalue weighted by atomic mass is 16.5. The van der Waals surface area contributed by atoms with E-state index in [4.69, 9.17) is 13.9 Å². The molecule has 1 atom stereocenters. The van der Waals surface area contributed by atoms with Gasteiger partial charge in [-0.1, -0.05) is 30.3 Å². The molecule has 6 rings (SSSR count). The van der Waals surface area contributed by atoms with E-state index in [0.29, 0.717) is 17.2 Å². The molecule has 2 aromatic heterocycles. The third kappa shape index (κ3) is 3.14. The number of carbonyl (C=O) groups excluding carboxylic acids is 1. The minimum Gasteiger partial charge on any atom is -0.497 e. The molecule has 1 aliphatic heterocycles. The molecule has 1 aliphatic rings. The number of para-hydroxylation sites is 2. The highest BCUT2D eigenvalue weighted by Crippen LogP contribution is 2.47. The van der Waals surface area contributed by atoms with Crippen molar-refractivity contribution in [2.75, 3.05) is 19.1 Å². The standard InChI is InChI=1S/C29H24N2O4/c1-30-22-10-6-4-8-20(22)26-27(25-17-16-24(35-25)21-9-5-7-11-23(21)34-3)31(29(32)28(26)30)18-12-14-19(33-2)15-13-18/h4-17,27H,1-3H3. The minimum absolute atomic E-state index is 0.0656. The van der Waals surface area contributed by atoms with Gasteiger partial charge >= 0.3 is 0 Å². The maximum Gasteiger partial charge on any atom is 0.276 e. The number of carbonyl (C=O) groups is 1. The molecule has 0 saturated carbocycles. The Morgan fingerprint density at radius 3 is 2.34 bits per heavy atom. The van der Waals surface area contributed by atoms with Gasteiger partial charge in [0.25, 0.3) is 5.91 Å². The second kappa shape index (κ2) is 8.09. The van der Waals surface area contributed by atoms with Crippen LogP contribution in [0.1, 0.15) is 27.9 Å². The van der Waals surface area contributed by atoms with Gasteiger partial charge in [-0.25, -0.2) is 0 Å². The Balaban J connectivity index is 1.55. The van der Waals surface area contributed by atoms with Gasteiger partial charge in [-0.2, -0.15) is 0 Å². The van der Waals surface area contributed by atoms with Gasteiger partial charge in [0.1, 0.15) is 34.8 Å². The second-order valence-electron chi connectivity index (χ2n) is 8.52. The van der Waals surface area contributed by atoms with Crippen molar-refractivity contribution in [2.45, 2.75) is 6.04 Å². The van der Waals surface area contributed by atoms with E-state index in [9.17, 15) is 4.79 Å². The first kappa shape index (κ1) is 21.1. The maximum absolute atomic E-state index is 13.9. The van der Waals surface area contributed by atoms with Crippen molar-refractivity contribution in [3.8, 4) is 22.8 Å². The fraction of sp³-hybridized carbons (Fsp3) is 0.138. The number of hydrogen-bond acceptors (Lipinski definition) is 4. The van der Waals surface area contributed by atoms with Gasteiger partial charge in [0.2, 0.25) is 0 Å². The van der Waals surface area contributed by atoms with Crippen molar-refractivity contribution in [3.05, 3.63) is 102 Å². The Kier molecular flexibility index (Phi) is 4.88. The molecule has 1 unspecified atom stereocenters. The third-order valence-electron chi connectivity index (χ3n) is 6.72. The first-order valence-electron chi connectivity index (χ1n) is 11.4. The van der Waals surface area contributed by atoms with Crippen molar-refractivity contribution in [3.63, 3.8) is 0 Å².